The van der Waals surface area contributed by atoms with Gasteiger partial charge in [0, 0.05) is 6.04 Å². The quantitative estimate of drug-likeness (QED) is 0.379. The smallest absolute Gasteiger partial charge is 0.230 e. The Bertz CT molecular complexity index is 1280. The van der Waals surface area contributed by atoms with Gasteiger partial charge in [0.1, 0.15) is 5.82 Å². The Hall–Kier alpha value is -3.19. The summed E-state index contributed by atoms with van der Waals surface area (Å²) in [6.07, 6.45) is 2.02. The van der Waals surface area contributed by atoms with Gasteiger partial charge in [-0.15, -0.1) is 10.2 Å². The molecule has 0 aliphatic heterocycles. The first kappa shape index (κ1) is 20.7. The molecule has 0 radical (unpaired) electrons. The van der Waals surface area contributed by atoms with Crippen molar-refractivity contribution in [1.29, 1.82) is 0 Å². The van der Waals surface area contributed by atoms with Gasteiger partial charge in [-0.05, 0) is 54.3 Å². The van der Waals surface area contributed by atoms with Crippen LogP contribution in [0.5, 0.6) is 0 Å². The van der Waals surface area contributed by atoms with Gasteiger partial charge >= 0.3 is 0 Å². The van der Waals surface area contributed by atoms with Crippen LogP contribution >= 0.6 is 11.8 Å². The molecule has 1 aliphatic rings. The van der Waals surface area contributed by atoms with Crippen LogP contribution in [0.2, 0.25) is 0 Å². The summed E-state index contributed by atoms with van der Waals surface area (Å²) in [5, 5.41) is 14.6. The summed E-state index contributed by atoms with van der Waals surface area (Å²) in [7, 11) is 0. The van der Waals surface area contributed by atoms with E-state index in [0.717, 1.165) is 23.8 Å². The van der Waals surface area contributed by atoms with Crippen LogP contribution in [0, 0.1) is 5.82 Å². The first-order valence-corrected chi connectivity index (χ1v) is 11.7. The minimum atomic E-state index is -0.319. The lowest BCUT2D eigenvalue weighted by Crippen LogP contribution is -2.28. The van der Waals surface area contributed by atoms with Crippen LogP contribution in [0.1, 0.15) is 37.4 Å². The van der Waals surface area contributed by atoms with Gasteiger partial charge in [0.25, 0.3) is 0 Å². The maximum atomic E-state index is 14.3. The number of hydrogen-bond donors (Lipinski definition) is 1. The molecule has 32 heavy (non-hydrogen) atoms. The highest BCUT2D eigenvalue weighted by molar-refractivity contribution is 7.99. The van der Waals surface area contributed by atoms with E-state index in [1.807, 2.05) is 29.7 Å². The zero-order chi connectivity index (χ0) is 22.1. The number of carbonyl (C=O) groups excluding carboxylic acids is 1. The number of thioether (sulfide) groups is 1. The van der Waals surface area contributed by atoms with Crippen LogP contribution in [0.15, 0.2) is 71.9 Å². The number of nitrogens with zero attached hydrogens (tertiary/aromatic N) is 3. The van der Waals surface area contributed by atoms with Gasteiger partial charge < -0.3 is 5.32 Å². The zero-order valence-corrected chi connectivity index (χ0v) is 18.5. The largest absolute Gasteiger partial charge is 0.349 e. The number of nitrogens with one attached hydrogen (secondary N) is 1. The zero-order valence-electron chi connectivity index (χ0n) is 17.7. The lowest BCUT2D eigenvalue weighted by molar-refractivity contribution is -0.119. The fourth-order valence-corrected chi connectivity index (χ4v) is 4.65. The van der Waals surface area contributed by atoms with Crippen LogP contribution in [-0.4, -0.2) is 26.4 Å². The molecular formula is C25H23FN4OS. The summed E-state index contributed by atoms with van der Waals surface area (Å²) in [5.74, 6) is 0.354. The lowest BCUT2D eigenvalue weighted by Gasteiger charge is -2.15. The average Bonchev–Trinajstić information content (AvgIpc) is 3.56. The van der Waals surface area contributed by atoms with Crippen molar-refractivity contribution in [2.45, 2.75) is 37.0 Å². The summed E-state index contributed by atoms with van der Waals surface area (Å²) < 4.78 is 16.3. The third-order valence-electron chi connectivity index (χ3n) is 5.67. The van der Waals surface area contributed by atoms with E-state index in [4.69, 9.17) is 0 Å². The molecule has 7 heteroatoms. The molecule has 1 N–H and O–H groups in total. The third-order valence-corrected chi connectivity index (χ3v) is 6.62. The molecule has 3 aromatic carbocycles. The molecule has 1 aliphatic carbocycles. The summed E-state index contributed by atoms with van der Waals surface area (Å²) in [6, 6.07) is 21.1. The Morgan fingerprint density at radius 2 is 1.84 bits per heavy atom. The number of halogens is 1. The molecule has 0 bridgehead atoms. The number of hydrogen-bond acceptors (Lipinski definition) is 4. The second-order valence-electron chi connectivity index (χ2n) is 8.07. The molecule has 162 valence electrons. The van der Waals surface area contributed by atoms with E-state index in [9.17, 15) is 9.18 Å². The topological polar surface area (TPSA) is 59.8 Å². The second-order valence-corrected chi connectivity index (χ2v) is 9.01. The molecule has 1 aromatic heterocycles. The molecule has 1 saturated carbocycles. The monoisotopic (exact) mass is 446 g/mol. The minimum Gasteiger partial charge on any atom is -0.349 e. The number of rotatable bonds is 7. The SMILES string of the molecule is C[C@H](NC(=O)CSc1nnc(-c2ccccc2F)n1C1CC1)c1ccc2ccccc2c1. The van der Waals surface area contributed by atoms with Crippen molar-refractivity contribution >= 4 is 28.4 Å². The molecule has 1 fully saturated rings. The molecule has 5 rings (SSSR count). The van der Waals surface area contributed by atoms with Gasteiger partial charge in [0.05, 0.1) is 17.4 Å². The first-order chi connectivity index (χ1) is 15.6. The van der Waals surface area contributed by atoms with Crippen molar-refractivity contribution < 1.29 is 9.18 Å². The van der Waals surface area contributed by atoms with Crippen LogP contribution in [0.4, 0.5) is 4.39 Å². The van der Waals surface area contributed by atoms with E-state index in [-0.39, 0.29) is 29.6 Å². The highest BCUT2D eigenvalue weighted by Gasteiger charge is 2.31. The van der Waals surface area contributed by atoms with E-state index in [2.05, 4.69) is 39.8 Å². The van der Waals surface area contributed by atoms with Crippen LogP contribution in [0.25, 0.3) is 22.2 Å². The van der Waals surface area contributed by atoms with Crippen LogP contribution in [-0.2, 0) is 4.79 Å². The Labute approximate surface area is 190 Å². The third kappa shape index (κ3) is 4.25. The van der Waals surface area contributed by atoms with E-state index >= 15 is 0 Å². The summed E-state index contributed by atoms with van der Waals surface area (Å²) in [6.45, 7) is 1.98. The number of benzene rings is 3. The normalized spacial score (nSPS) is 14.4. The highest BCUT2D eigenvalue weighted by atomic mass is 32.2. The van der Waals surface area contributed by atoms with Gasteiger partial charge in [-0.1, -0.05) is 60.3 Å². The molecule has 5 nitrogen and oxygen atoms in total. The Balaban J connectivity index is 1.27. The average molecular weight is 447 g/mol. The first-order valence-electron chi connectivity index (χ1n) is 10.7. The van der Waals surface area contributed by atoms with Crippen molar-refractivity contribution in [1.82, 2.24) is 20.1 Å². The molecule has 0 spiro atoms. The molecule has 1 heterocycles. The van der Waals surface area contributed by atoms with Crippen molar-refractivity contribution in [3.8, 4) is 11.4 Å². The van der Waals surface area contributed by atoms with Crippen molar-refractivity contribution in [3.05, 3.63) is 78.1 Å². The predicted octanol–water partition coefficient (Wildman–Crippen LogP) is 5.54. The molecule has 1 amide bonds. The standard InChI is InChI=1S/C25H23FN4OS/c1-16(18-11-10-17-6-2-3-7-19(17)14-18)27-23(31)15-32-25-29-28-24(30(25)20-12-13-20)21-8-4-5-9-22(21)26/h2-11,14,16,20H,12-13,15H2,1H3,(H,27,31)/t16-/m0/s1. The maximum Gasteiger partial charge on any atom is 0.230 e. The molecule has 0 saturated heterocycles. The lowest BCUT2D eigenvalue weighted by atomic mass is 10.0. The second kappa shape index (κ2) is 8.74. The minimum absolute atomic E-state index is 0.0755. The fraction of sp³-hybridized carbons (Fsp3) is 0.240. The van der Waals surface area contributed by atoms with Gasteiger partial charge in [0.2, 0.25) is 5.91 Å². The Morgan fingerprint density at radius 1 is 1.09 bits per heavy atom. The van der Waals surface area contributed by atoms with Gasteiger partial charge in [0.15, 0.2) is 11.0 Å². The van der Waals surface area contributed by atoms with E-state index in [1.54, 1.807) is 18.2 Å². The fourth-order valence-electron chi connectivity index (χ4n) is 3.84. The maximum absolute atomic E-state index is 14.3. The van der Waals surface area contributed by atoms with E-state index in [0.29, 0.717) is 16.5 Å². The molecule has 4 aromatic rings. The van der Waals surface area contributed by atoms with Crippen molar-refractivity contribution in [3.63, 3.8) is 0 Å². The number of amides is 1. The summed E-state index contributed by atoms with van der Waals surface area (Å²) >= 11 is 1.34. The van der Waals surface area contributed by atoms with Crippen molar-refractivity contribution in [2.75, 3.05) is 5.75 Å². The number of carbonyl (C=O) groups is 1. The summed E-state index contributed by atoms with van der Waals surface area (Å²) in [4.78, 5) is 12.6. The van der Waals surface area contributed by atoms with Crippen LogP contribution in [0.3, 0.4) is 0 Å². The number of fused-ring (bicyclic) bond motifs is 1. The van der Waals surface area contributed by atoms with E-state index < -0.39 is 0 Å². The van der Waals surface area contributed by atoms with Crippen molar-refractivity contribution in [2.24, 2.45) is 0 Å². The van der Waals surface area contributed by atoms with Gasteiger partial charge in [-0.2, -0.15) is 0 Å². The van der Waals surface area contributed by atoms with Gasteiger partial charge in [-0.25, -0.2) is 4.39 Å². The Morgan fingerprint density at radius 3 is 2.62 bits per heavy atom. The Kier molecular flexibility index (Phi) is 5.66. The highest BCUT2D eigenvalue weighted by Crippen LogP contribution is 2.41. The number of aromatic nitrogens is 3. The predicted molar refractivity (Wildman–Crippen MR) is 125 cm³/mol. The van der Waals surface area contributed by atoms with E-state index in [1.165, 1.54) is 23.2 Å². The summed E-state index contributed by atoms with van der Waals surface area (Å²) in [5.41, 5.74) is 1.50. The molecular weight excluding hydrogens is 423 g/mol. The molecule has 1 atom stereocenters. The molecule has 0 unspecified atom stereocenters. The van der Waals surface area contributed by atoms with Crippen LogP contribution < -0.4 is 5.32 Å². The van der Waals surface area contributed by atoms with Gasteiger partial charge in [-0.3, -0.25) is 9.36 Å².